The lowest BCUT2D eigenvalue weighted by molar-refractivity contribution is 0.224. The van der Waals surface area contributed by atoms with E-state index in [1.54, 1.807) is 0 Å². The SMILES string of the molecule is C=C(C)C(C)C[C@@H]1CCCC[C@@H]1C. The molecule has 0 heterocycles. The molecule has 1 aliphatic rings. The van der Waals surface area contributed by atoms with Crippen LogP contribution in [0.3, 0.4) is 0 Å². The van der Waals surface area contributed by atoms with Crippen LogP contribution in [0, 0.1) is 17.8 Å². The molecule has 0 aromatic rings. The first-order valence-electron chi connectivity index (χ1n) is 5.76. The van der Waals surface area contributed by atoms with Crippen LogP contribution in [-0.4, -0.2) is 0 Å². The molecule has 0 heteroatoms. The molecule has 1 aliphatic carbocycles. The first-order chi connectivity index (χ1) is 6.11. The van der Waals surface area contributed by atoms with Crippen molar-refractivity contribution in [2.75, 3.05) is 0 Å². The molecule has 0 aliphatic heterocycles. The van der Waals surface area contributed by atoms with E-state index < -0.39 is 0 Å². The molecular weight excluding hydrogens is 156 g/mol. The van der Waals surface area contributed by atoms with Gasteiger partial charge in [0.1, 0.15) is 0 Å². The van der Waals surface area contributed by atoms with Crippen LogP contribution in [0.15, 0.2) is 12.2 Å². The molecule has 0 bridgehead atoms. The molecule has 0 radical (unpaired) electrons. The van der Waals surface area contributed by atoms with Crippen LogP contribution in [0.5, 0.6) is 0 Å². The van der Waals surface area contributed by atoms with Crippen molar-refractivity contribution in [1.82, 2.24) is 0 Å². The van der Waals surface area contributed by atoms with Gasteiger partial charge in [-0.05, 0) is 31.1 Å². The summed E-state index contributed by atoms with van der Waals surface area (Å²) in [5.74, 6) is 2.65. The fraction of sp³-hybridized carbons (Fsp3) is 0.846. The molecule has 1 saturated carbocycles. The van der Waals surface area contributed by atoms with E-state index in [1.807, 2.05) is 0 Å². The van der Waals surface area contributed by atoms with Crippen molar-refractivity contribution in [3.8, 4) is 0 Å². The Hall–Kier alpha value is -0.260. The van der Waals surface area contributed by atoms with Crippen LogP contribution < -0.4 is 0 Å². The zero-order valence-electron chi connectivity index (χ0n) is 9.47. The van der Waals surface area contributed by atoms with Crippen molar-refractivity contribution in [3.05, 3.63) is 12.2 Å². The summed E-state index contributed by atoms with van der Waals surface area (Å²) in [6, 6.07) is 0. The summed E-state index contributed by atoms with van der Waals surface area (Å²) in [5.41, 5.74) is 1.36. The van der Waals surface area contributed by atoms with Gasteiger partial charge in [0.15, 0.2) is 0 Å². The first-order valence-corrected chi connectivity index (χ1v) is 5.76. The average molecular weight is 180 g/mol. The number of rotatable bonds is 3. The van der Waals surface area contributed by atoms with E-state index in [1.165, 1.54) is 37.7 Å². The van der Waals surface area contributed by atoms with Crippen LogP contribution in [0.2, 0.25) is 0 Å². The molecule has 0 N–H and O–H groups in total. The molecule has 0 nitrogen and oxygen atoms in total. The monoisotopic (exact) mass is 180 g/mol. The first kappa shape index (κ1) is 10.8. The quantitative estimate of drug-likeness (QED) is 0.564. The fourth-order valence-corrected chi connectivity index (χ4v) is 2.40. The Bertz CT molecular complexity index is 169. The molecule has 0 spiro atoms. The van der Waals surface area contributed by atoms with E-state index in [0.717, 1.165) is 17.8 Å². The van der Waals surface area contributed by atoms with Gasteiger partial charge in [-0.1, -0.05) is 51.7 Å². The van der Waals surface area contributed by atoms with Crippen LogP contribution >= 0.6 is 0 Å². The number of allylic oxidation sites excluding steroid dienone is 1. The van der Waals surface area contributed by atoms with Crippen LogP contribution in [0.25, 0.3) is 0 Å². The second-order valence-corrected chi connectivity index (χ2v) is 5.00. The number of hydrogen-bond acceptors (Lipinski definition) is 0. The van der Waals surface area contributed by atoms with Gasteiger partial charge in [0.25, 0.3) is 0 Å². The second-order valence-electron chi connectivity index (χ2n) is 5.00. The molecular formula is C13H24. The van der Waals surface area contributed by atoms with Crippen LogP contribution in [0.1, 0.15) is 52.9 Å². The molecule has 1 rings (SSSR count). The minimum Gasteiger partial charge on any atom is -0.0999 e. The molecule has 3 atom stereocenters. The van der Waals surface area contributed by atoms with Gasteiger partial charge < -0.3 is 0 Å². The van der Waals surface area contributed by atoms with E-state index in [9.17, 15) is 0 Å². The van der Waals surface area contributed by atoms with Crippen molar-refractivity contribution in [1.29, 1.82) is 0 Å². The summed E-state index contributed by atoms with van der Waals surface area (Å²) < 4.78 is 0. The summed E-state index contributed by atoms with van der Waals surface area (Å²) in [6.45, 7) is 11.0. The summed E-state index contributed by atoms with van der Waals surface area (Å²) in [5, 5.41) is 0. The smallest absolute Gasteiger partial charge is 0.0234 e. The lowest BCUT2D eigenvalue weighted by Crippen LogP contribution is -2.19. The fourth-order valence-electron chi connectivity index (χ4n) is 2.40. The zero-order valence-corrected chi connectivity index (χ0v) is 9.47. The van der Waals surface area contributed by atoms with Gasteiger partial charge in [0, 0.05) is 0 Å². The maximum atomic E-state index is 4.05. The summed E-state index contributed by atoms with van der Waals surface area (Å²) in [7, 11) is 0. The van der Waals surface area contributed by atoms with Crippen molar-refractivity contribution >= 4 is 0 Å². The lowest BCUT2D eigenvalue weighted by atomic mass is 9.75. The Balaban J connectivity index is 2.37. The van der Waals surface area contributed by atoms with E-state index in [2.05, 4.69) is 27.4 Å². The Morgan fingerprint density at radius 3 is 2.54 bits per heavy atom. The highest BCUT2D eigenvalue weighted by Gasteiger charge is 2.22. The van der Waals surface area contributed by atoms with Gasteiger partial charge in [0.2, 0.25) is 0 Å². The second kappa shape index (κ2) is 4.83. The van der Waals surface area contributed by atoms with Gasteiger partial charge in [-0.15, -0.1) is 0 Å². The molecule has 76 valence electrons. The van der Waals surface area contributed by atoms with Crippen molar-refractivity contribution in [3.63, 3.8) is 0 Å². The van der Waals surface area contributed by atoms with E-state index in [0.29, 0.717) is 0 Å². The molecule has 0 aromatic carbocycles. The molecule has 13 heavy (non-hydrogen) atoms. The summed E-state index contributed by atoms with van der Waals surface area (Å²) in [4.78, 5) is 0. The molecule has 0 saturated heterocycles. The molecule has 1 fully saturated rings. The minimum absolute atomic E-state index is 0.727. The van der Waals surface area contributed by atoms with Crippen molar-refractivity contribution < 1.29 is 0 Å². The largest absolute Gasteiger partial charge is 0.0999 e. The maximum Gasteiger partial charge on any atom is -0.0234 e. The van der Waals surface area contributed by atoms with Gasteiger partial charge in [0.05, 0.1) is 0 Å². The third-order valence-electron chi connectivity index (χ3n) is 3.79. The summed E-state index contributed by atoms with van der Waals surface area (Å²) >= 11 is 0. The topological polar surface area (TPSA) is 0 Å². The van der Waals surface area contributed by atoms with Crippen molar-refractivity contribution in [2.24, 2.45) is 17.8 Å². The van der Waals surface area contributed by atoms with Gasteiger partial charge in [-0.3, -0.25) is 0 Å². The Labute approximate surface area is 83.4 Å². The van der Waals surface area contributed by atoms with E-state index >= 15 is 0 Å². The minimum atomic E-state index is 0.727. The molecule has 1 unspecified atom stereocenters. The standard InChI is InChI=1S/C13H24/c1-10(2)12(4)9-13-8-6-5-7-11(13)3/h11-13H,1,5-9H2,2-4H3/t11-,12?,13-/m0/s1. The predicted octanol–water partition coefficient (Wildman–Crippen LogP) is 4.42. The lowest BCUT2D eigenvalue weighted by Gasteiger charge is -2.30. The van der Waals surface area contributed by atoms with Gasteiger partial charge >= 0.3 is 0 Å². The summed E-state index contributed by atoms with van der Waals surface area (Å²) in [6.07, 6.45) is 7.19. The normalized spacial score (nSPS) is 31.3. The Kier molecular flexibility index (Phi) is 4.02. The Morgan fingerprint density at radius 1 is 1.38 bits per heavy atom. The van der Waals surface area contributed by atoms with Crippen molar-refractivity contribution in [2.45, 2.75) is 52.9 Å². The third kappa shape index (κ3) is 3.17. The Morgan fingerprint density at radius 2 is 2.00 bits per heavy atom. The highest BCUT2D eigenvalue weighted by atomic mass is 14.3. The van der Waals surface area contributed by atoms with Crippen LogP contribution in [-0.2, 0) is 0 Å². The molecule has 0 aromatic heterocycles. The van der Waals surface area contributed by atoms with Gasteiger partial charge in [-0.2, -0.15) is 0 Å². The average Bonchev–Trinajstić information content (AvgIpc) is 2.08. The highest BCUT2D eigenvalue weighted by Crippen LogP contribution is 2.35. The highest BCUT2D eigenvalue weighted by molar-refractivity contribution is 4.95. The van der Waals surface area contributed by atoms with E-state index in [4.69, 9.17) is 0 Å². The third-order valence-corrected chi connectivity index (χ3v) is 3.79. The predicted molar refractivity (Wildman–Crippen MR) is 59.7 cm³/mol. The van der Waals surface area contributed by atoms with Gasteiger partial charge in [-0.25, -0.2) is 0 Å². The zero-order chi connectivity index (χ0) is 9.84. The van der Waals surface area contributed by atoms with Crippen LogP contribution in [0.4, 0.5) is 0 Å². The van der Waals surface area contributed by atoms with E-state index in [-0.39, 0.29) is 0 Å². The molecule has 0 amide bonds. The maximum absolute atomic E-state index is 4.05. The number of hydrogen-bond donors (Lipinski definition) is 0.